The van der Waals surface area contributed by atoms with E-state index in [2.05, 4.69) is 68.3 Å². The number of anilines is 2. The minimum atomic E-state index is -1.08. The molecule has 1 aromatic carbocycles. The van der Waals surface area contributed by atoms with Gasteiger partial charge in [0.05, 0.1) is 12.6 Å². The maximum absolute atomic E-state index is 12.6. The molecule has 0 spiro atoms. The van der Waals surface area contributed by atoms with Gasteiger partial charge in [-0.3, -0.25) is 0 Å². The molecule has 0 amide bonds. The fraction of sp³-hybridized carbons (Fsp3) is 0.538. The van der Waals surface area contributed by atoms with Crippen LogP contribution in [-0.2, 0) is 17.6 Å². The zero-order valence-electron chi connectivity index (χ0n) is 20.2. The summed E-state index contributed by atoms with van der Waals surface area (Å²) >= 11 is -1.08. The number of aliphatic hydroxyl groups excluding tert-OH is 1. The van der Waals surface area contributed by atoms with Crippen molar-refractivity contribution >= 4 is 29.0 Å². The van der Waals surface area contributed by atoms with Crippen LogP contribution in [0.1, 0.15) is 50.4 Å². The van der Waals surface area contributed by atoms with Crippen molar-refractivity contribution < 1.29 is 9.66 Å². The summed E-state index contributed by atoms with van der Waals surface area (Å²) < 4.78 is 12.6. The molecule has 178 valence electrons. The van der Waals surface area contributed by atoms with Gasteiger partial charge in [-0.25, -0.2) is 4.98 Å². The molecule has 1 saturated heterocycles. The number of piperidine rings is 1. The lowest BCUT2D eigenvalue weighted by atomic mass is 9.88. The minimum absolute atomic E-state index is 0.0102. The molecule has 1 unspecified atom stereocenters. The van der Waals surface area contributed by atoms with Gasteiger partial charge in [0.25, 0.3) is 0 Å². The topological polar surface area (TPSA) is 84.3 Å². The Hall–Kier alpha value is -2.09. The van der Waals surface area contributed by atoms with Crippen LogP contribution in [0, 0.1) is 18.8 Å². The predicted octanol–water partition coefficient (Wildman–Crippen LogP) is 4.20. The van der Waals surface area contributed by atoms with Crippen molar-refractivity contribution in [3.63, 3.8) is 0 Å². The van der Waals surface area contributed by atoms with Crippen LogP contribution in [0.15, 0.2) is 34.7 Å². The molecular formula is C26H36N4O2S. The van der Waals surface area contributed by atoms with Crippen molar-refractivity contribution in [3.05, 3.63) is 46.7 Å². The van der Waals surface area contributed by atoms with Crippen LogP contribution in [0.3, 0.4) is 0 Å². The lowest BCUT2D eigenvalue weighted by Crippen LogP contribution is -2.36. The summed E-state index contributed by atoms with van der Waals surface area (Å²) in [4.78, 5) is 12.6. The molecule has 2 aliphatic rings. The molecule has 0 saturated carbocycles. The van der Waals surface area contributed by atoms with Crippen molar-refractivity contribution in [2.75, 3.05) is 35.7 Å². The number of hydrogen-bond donors (Lipinski definition) is 2. The van der Waals surface area contributed by atoms with E-state index in [1.54, 1.807) is 0 Å². The second kappa shape index (κ2) is 10.5. The van der Waals surface area contributed by atoms with Crippen LogP contribution in [0.25, 0.3) is 6.08 Å². The molecule has 2 atom stereocenters. The molecule has 4 rings (SSSR count). The van der Waals surface area contributed by atoms with E-state index in [1.807, 2.05) is 0 Å². The third kappa shape index (κ3) is 5.36. The summed E-state index contributed by atoms with van der Waals surface area (Å²) in [6.45, 7) is 10.3. The van der Waals surface area contributed by atoms with Crippen molar-refractivity contribution in [1.29, 1.82) is 0 Å². The molecule has 1 fully saturated rings. The van der Waals surface area contributed by atoms with Gasteiger partial charge < -0.3 is 19.9 Å². The molecule has 2 aromatic rings. The number of aromatic nitrogens is 2. The van der Waals surface area contributed by atoms with E-state index in [4.69, 9.17) is 9.97 Å². The summed E-state index contributed by atoms with van der Waals surface area (Å²) in [6.07, 6.45) is 5.18. The first kappa shape index (κ1) is 24.0. The number of fused-ring (bicyclic) bond motifs is 1. The molecule has 2 N–H and O–H groups in total. The zero-order chi connectivity index (χ0) is 23.5. The Morgan fingerprint density at radius 3 is 2.67 bits per heavy atom. The third-order valence-electron chi connectivity index (χ3n) is 6.99. The van der Waals surface area contributed by atoms with Crippen LogP contribution in [0.5, 0.6) is 0 Å². The molecule has 6 nitrogen and oxygen atoms in total. The van der Waals surface area contributed by atoms with Crippen molar-refractivity contribution in [2.45, 2.75) is 57.9 Å². The largest absolute Gasteiger partial charge is 0.611 e. The second-order valence-corrected chi connectivity index (χ2v) is 11.1. The monoisotopic (exact) mass is 468 g/mol. The van der Waals surface area contributed by atoms with Crippen LogP contribution >= 0.6 is 0 Å². The van der Waals surface area contributed by atoms with E-state index in [0.717, 1.165) is 42.5 Å². The van der Waals surface area contributed by atoms with Gasteiger partial charge in [0, 0.05) is 19.5 Å². The number of nitrogens with zero attached hydrogens (tertiary/aromatic N) is 3. The summed E-state index contributed by atoms with van der Waals surface area (Å²) in [5.74, 6) is 2.74. The van der Waals surface area contributed by atoms with Gasteiger partial charge >= 0.3 is 0 Å². The van der Waals surface area contributed by atoms with Gasteiger partial charge in [-0.15, -0.1) is 0 Å². The van der Waals surface area contributed by atoms with E-state index in [0.29, 0.717) is 23.9 Å². The van der Waals surface area contributed by atoms with Gasteiger partial charge in [-0.1, -0.05) is 49.8 Å². The SMILES string of the molecule is C/C(=C\c1ccccc1C)C1CCN(c2nc3c(c(N[C@@H](CO)C(C)C)n2)[S+]([O-])CC3)CC1. The number of hydrogen-bond acceptors (Lipinski definition) is 6. The Morgan fingerprint density at radius 1 is 1.27 bits per heavy atom. The highest BCUT2D eigenvalue weighted by Crippen LogP contribution is 2.34. The summed E-state index contributed by atoms with van der Waals surface area (Å²) in [6, 6.07) is 8.39. The number of allylic oxidation sites excluding steroid dienone is 1. The van der Waals surface area contributed by atoms with Crippen LogP contribution in [0.2, 0.25) is 0 Å². The van der Waals surface area contributed by atoms with Crippen LogP contribution < -0.4 is 10.2 Å². The summed E-state index contributed by atoms with van der Waals surface area (Å²) in [7, 11) is 0. The normalized spacial score (nSPS) is 20.3. The first-order chi connectivity index (χ1) is 15.9. The number of benzene rings is 1. The molecule has 3 heterocycles. The molecule has 0 aliphatic carbocycles. The predicted molar refractivity (Wildman–Crippen MR) is 136 cm³/mol. The molecule has 2 aliphatic heterocycles. The quantitative estimate of drug-likeness (QED) is 0.593. The van der Waals surface area contributed by atoms with Crippen molar-refractivity contribution in [3.8, 4) is 0 Å². The fourth-order valence-electron chi connectivity index (χ4n) is 4.67. The second-order valence-electron chi connectivity index (χ2n) is 9.63. The van der Waals surface area contributed by atoms with Gasteiger partial charge in [0.2, 0.25) is 10.8 Å². The Morgan fingerprint density at radius 2 is 2.00 bits per heavy atom. The van der Waals surface area contributed by atoms with E-state index < -0.39 is 11.2 Å². The standard InChI is InChI=1S/C26H36N4O2S/c1-17(2)23(16-31)27-25-24-22(11-14-33(24)32)28-26(29-25)30-12-9-20(10-13-30)19(4)15-21-8-6-5-7-18(21)3/h5-8,15,17,20,23,31H,9-14,16H2,1-4H3,(H,27,28,29)/b19-15+/t23-,33?/m0/s1. The smallest absolute Gasteiger partial charge is 0.227 e. The first-order valence-corrected chi connectivity index (χ1v) is 13.3. The number of aryl methyl sites for hydroxylation is 2. The fourth-order valence-corrected chi connectivity index (χ4v) is 5.98. The summed E-state index contributed by atoms with van der Waals surface area (Å²) in [5.41, 5.74) is 4.92. The average molecular weight is 469 g/mol. The van der Waals surface area contributed by atoms with Gasteiger partial charge in [0.1, 0.15) is 11.4 Å². The van der Waals surface area contributed by atoms with Crippen molar-refractivity contribution in [2.24, 2.45) is 11.8 Å². The third-order valence-corrected chi connectivity index (χ3v) is 8.45. The maximum atomic E-state index is 12.6. The molecule has 33 heavy (non-hydrogen) atoms. The first-order valence-electron chi connectivity index (χ1n) is 12.0. The van der Waals surface area contributed by atoms with Crippen molar-refractivity contribution in [1.82, 2.24) is 9.97 Å². The molecule has 0 radical (unpaired) electrons. The van der Waals surface area contributed by atoms with Crippen LogP contribution in [-0.4, -0.2) is 51.1 Å². The average Bonchev–Trinajstić information content (AvgIpc) is 3.19. The Labute approximate surface area is 200 Å². The van der Waals surface area contributed by atoms with E-state index in [-0.39, 0.29) is 18.6 Å². The number of rotatable bonds is 7. The lowest BCUT2D eigenvalue weighted by molar-refractivity contribution is 0.248. The highest BCUT2D eigenvalue weighted by atomic mass is 32.2. The summed E-state index contributed by atoms with van der Waals surface area (Å²) in [5, 5.41) is 13.2. The van der Waals surface area contributed by atoms with Gasteiger partial charge in [0.15, 0.2) is 5.82 Å². The molecule has 1 aromatic heterocycles. The molecule has 7 heteroatoms. The van der Waals surface area contributed by atoms with Crippen LogP contribution in [0.4, 0.5) is 11.8 Å². The van der Waals surface area contributed by atoms with E-state index >= 15 is 0 Å². The number of nitrogens with one attached hydrogen (secondary N) is 1. The minimum Gasteiger partial charge on any atom is -0.611 e. The Bertz CT molecular complexity index is 1000. The molecular weight excluding hydrogens is 432 g/mol. The van der Waals surface area contributed by atoms with Gasteiger partial charge in [-0.2, -0.15) is 4.98 Å². The van der Waals surface area contributed by atoms with Gasteiger partial charge in [-0.05, 0) is 60.8 Å². The zero-order valence-corrected chi connectivity index (χ0v) is 21.0. The molecule has 0 bridgehead atoms. The Kier molecular flexibility index (Phi) is 7.62. The van der Waals surface area contributed by atoms with E-state index in [9.17, 15) is 9.66 Å². The highest BCUT2D eigenvalue weighted by Gasteiger charge is 2.34. The lowest BCUT2D eigenvalue weighted by Gasteiger charge is -2.33. The Balaban J connectivity index is 1.50. The highest BCUT2D eigenvalue weighted by molar-refractivity contribution is 7.91. The number of aliphatic hydroxyl groups is 1. The maximum Gasteiger partial charge on any atom is 0.227 e. The van der Waals surface area contributed by atoms with E-state index in [1.165, 1.54) is 16.7 Å².